The number of aromatic nitrogens is 2. The molecule has 0 saturated carbocycles. The molecular weight excluding hydrogens is 368 g/mol. The Labute approximate surface area is 180 Å². The molecule has 0 aliphatic heterocycles. The first kappa shape index (κ1) is 21.3. The summed E-state index contributed by atoms with van der Waals surface area (Å²) in [6, 6.07) is 16.9. The Morgan fingerprint density at radius 1 is 0.533 bits per heavy atom. The number of rotatable bonds is 6. The number of anilines is 2. The van der Waals surface area contributed by atoms with E-state index in [1.165, 1.54) is 11.4 Å². The number of hydrogen-bond acceptors (Lipinski definition) is 4. The summed E-state index contributed by atoms with van der Waals surface area (Å²) < 4.78 is 0. The van der Waals surface area contributed by atoms with Crippen molar-refractivity contribution in [3.8, 4) is 0 Å². The van der Waals surface area contributed by atoms with Gasteiger partial charge in [-0.25, -0.2) is 9.97 Å². The molecule has 1 heterocycles. The normalized spacial score (nSPS) is 11.4. The Kier molecular flexibility index (Phi) is 6.68. The van der Waals surface area contributed by atoms with E-state index in [1.54, 1.807) is 0 Å². The van der Waals surface area contributed by atoms with Crippen molar-refractivity contribution < 1.29 is 0 Å². The van der Waals surface area contributed by atoms with Crippen molar-refractivity contribution >= 4 is 35.7 Å². The molecule has 3 rings (SSSR count). The Bertz CT molecular complexity index is 956. The molecule has 2 aromatic carbocycles. The van der Waals surface area contributed by atoms with E-state index in [0.29, 0.717) is 0 Å². The molecule has 0 unspecified atom stereocenters. The van der Waals surface area contributed by atoms with E-state index in [1.807, 2.05) is 54.2 Å². The van der Waals surface area contributed by atoms with E-state index < -0.39 is 0 Å². The van der Waals surface area contributed by atoms with Gasteiger partial charge < -0.3 is 9.80 Å². The SMILES string of the molecule is Cc1nc(C=Cc2ccc(N(C)C)cc2)c(C)nc1C=Cc1ccc(N(C)C)cc1. The van der Waals surface area contributed by atoms with Crippen LogP contribution in [0.15, 0.2) is 48.5 Å². The molecule has 4 nitrogen and oxygen atoms in total. The second-order valence-electron chi connectivity index (χ2n) is 7.80. The summed E-state index contributed by atoms with van der Waals surface area (Å²) in [5.74, 6) is 0. The van der Waals surface area contributed by atoms with Crippen LogP contribution in [0.1, 0.15) is 33.9 Å². The van der Waals surface area contributed by atoms with E-state index in [0.717, 1.165) is 33.9 Å². The van der Waals surface area contributed by atoms with Gasteiger partial charge in [0.2, 0.25) is 0 Å². The Morgan fingerprint density at radius 2 is 0.867 bits per heavy atom. The molecular formula is C26H30N4. The van der Waals surface area contributed by atoms with Gasteiger partial charge in [-0.05, 0) is 61.4 Å². The van der Waals surface area contributed by atoms with Gasteiger partial charge in [-0.15, -0.1) is 0 Å². The van der Waals surface area contributed by atoms with Crippen LogP contribution in [0.25, 0.3) is 24.3 Å². The van der Waals surface area contributed by atoms with E-state index in [9.17, 15) is 0 Å². The summed E-state index contributed by atoms with van der Waals surface area (Å²) in [6.07, 6.45) is 8.23. The molecule has 0 spiro atoms. The molecule has 0 bridgehead atoms. The molecule has 30 heavy (non-hydrogen) atoms. The lowest BCUT2D eigenvalue weighted by Gasteiger charge is -2.12. The number of nitrogens with zero attached hydrogens (tertiary/aromatic N) is 4. The van der Waals surface area contributed by atoms with Crippen molar-refractivity contribution in [2.45, 2.75) is 13.8 Å². The van der Waals surface area contributed by atoms with E-state index in [4.69, 9.17) is 9.97 Å². The molecule has 0 amide bonds. The summed E-state index contributed by atoms with van der Waals surface area (Å²) in [7, 11) is 8.17. The van der Waals surface area contributed by atoms with Gasteiger partial charge in [0, 0.05) is 39.6 Å². The predicted molar refractivity (Wildman–Crippen MR) is 131 cm³/mol. The third-order valence-electron chi connectivity index (χ3n) is 5.00. The van der Waals surface area contributed by atoms with Crippen LogP contribution in [-0.4, -0.2) is 38.2 Å². The Morgan fingerprint density at radius 3 is 1.17 bits per heavy atom. The molecule has 0 aliphatic carbocycles. The fourth-order valence-electron chi connectivity index (χ4n) is 3.07. The zero-order chi connectivity index (χ0) is 21.7. The molecule has 4 heteroatoms. The zero-order valence-electron chi connectivity index (χ0n) is 18.7. The maximum Gasteiger partial charge on any atom is 0.0846 e. The minimum absolute atomic E-state index is 0.900. The van der Waals surface area contributed by atoms with Crippen LogP contribution in [0.5, 0.6) is 0 Å². The molecule has 0 atom stereocenters. The van der Waals surface area contributed by atoms with Crippen LogP contribution in [-0.2, 0) is 0 Å². The minimum atomic E-state index is 0.900. The third-order valence-corrected chi connectivity index (χ3v) is 5.00. The standard InChI is InChI=1S/C26H30N4/c1-19-25(17-11-21-7-13-23(14-8-21)29(3)4)28-20(2)26(27-19)18-12-22-9-15-24(16-10-22)30(5)6/h7-18H,1-6H3. The van der Waals surface area contributed by atoms with Gasteiger partial charge in [0.15, 0.2) is 0 Å². The first-order chi connectivity index (χ1) is 14.3. The fraction of sp³-hybridized carbons (Fsp3) is 0.231. The summed E-state index contributed by atoms with van der Waals surface area (Å²) >= 11 is 0. The highest BCUT2D eigenvalue weighted by Crippen LogP contribution is 2.18. The smallest absolute Gasteiger partial charge is 0.0846 e. The van der Waals surface area contributed by atoms with Crippen molar-refractivity contribution in [3.63, 3.8) is 0 Å². The second kappa shape index (κ2) is 9.40. The maximum absolute atomic E-state index is 4.77. The Hall–Kier alpha value is -3.40. The average Bonchev–Trinajstić information content (AvgIpc) is 2.73. The minimum Gasteiger partial charge on any atom is -0.378 e. The molecule has 0 radical (unpaired) electrons. The van der Waals surface area contributed by atoms with Crippen molar-refractivity contribution in [1.29, 1.82) is 0 Å². The van der Waals surface area contributed by atoms with Gasteiger partial charge in [-0.1, -0.05) is 36.4 Å². The molecule has 0 saturated heterocycles. The van der Waals surface area contributed by atoms with Crippen molar-refractivity contribution in [2.24, 2.45) is 0 Å². The highest BCUT2D eigenvalue weighted by atomic mass is 15.1. The Balaban J connectivity index is 1.76. The van der Waals surface area contributed by atoms with Crippen LogP contribution >= 0.6 is 0 Å². The molecule has 1 aromatic heterocycles. The molecule has 3 aromatic rings. The average molecular weight is 399 g/mol. The van der Waals surface area contributed by atoms with Crippen molar-refractivity contribution in [1.82, 2.24) is 9.97 Å². The zero-order valence-corrected chi connectivity index (χ0v) is 18.7. The van der Waals surface area contributed by atoms with Gasteiger partial charge in [0.1, 0.15) is 0 Å². The first-order valence-corrected chi connectivity index (χ1v) is 10.1. The molecule has 0 fully saturated rings. The maximum atomic E-state index is 4.77. The summed E-state index contributed by atoms with van der Waals surface area (Å²) in [5.41, 5.74) is 8.30. The van der Waals surface area contributed by atoms with E-state index >= 15 is 0 Å². The fourth-order valence-corrected chi connectivity index (χ4v) is 3.07. The lowest BCUT2D eigenvalue weighted by atomic mass is 10.1. The van der Waals surface area contributed by atoms with Gasteiger partial charge in [-0.3, -0.25) is 0 Å². The van der Waals surface area contributed by atoms with Gasteiger partial charge >= 0.3 is 0 Å². The van der Waals surface area contributed by atoms with Crippen LogP contribution in [0.4, 0.5) is 11.4 Å². The monoisotopic (exact) mass is 398 g/mol. The van der Waals surface area contributed by atoms with Crippen LogP contribution in [0.2, 0.25) is 0 Å². The quantitative estimate of drug-likeness (QED) is 0.544. The highest BCUT2D eigenvalue weighted by Gasteiger charge is 2.04. The van der Waals surface area contributed by atoms with Crippen molar-refractivity contribution in [2.75, 3.05) is 38.0 Å². The third kappa shape index (κ3) is 5.35. The van der Waals surface area contributed by atoms with E-state index in [2.05, 4.69) is 70.5 Å². The van der Waals surface area contributed by atoms with Crippen molar-refractivity contribution in [3.05, 3.63) is 82.4 Å². The largest absolute Gasteiger partial charge is 0.378 e. The van der Waals surface area contributed by atoms with Gasteiger partial charge in [0.25, 0.3) is 0 Å². The molecule has 0 N–H and O–H groups in total. The van der Waals surface area contributed by atoms with Crippen LogP contribution < -0.4 is 9.80 Å². The second-order valence-corrected chi connectivity index (χ2v) is 7.80. The van der Waals surface area contributed by atoms with E-state index in [-0.39, 0.29) is 0 Å². The number of hydrogen-bond donors (Lipinski definition) is 0. The lowest BCUT2D eigenvalue weighted by molar-refractivity contribution is 1.03. The molecule has 154 valence electrons. The van der Waals surface area contributed by atoms with Gasteiger partial charge in [-0.2, -0.15) is 0 Å². The van der Waals surface area contributed by atoms with Gasteiger partial charge in [0.05, 0.1) is 22.8 Å². The molecule has 0 aliphatic rings. The highest BCUT2D eigenvalue weighted by molar-refractivity contribution is 5.72. The number of benzene rings is 2. The van der Waals surface area contributed by atoms with Crippen LogP contribution in [0.3, 0.4) is 0 Å². The first-order valence-electron chi connectivity index (χ1n) is 10.1. The summed E-state index contributed by atoms with van der Waals surface area (Å²) in [6.45, 7) is 4.01. The number of aryl methyl sites for hydroxylation is 2. The topological polar surface area (TPSA) is 32.3 Å². The predicted octanol–water partition coefficient (Wildman–Crippen LogP) is 5.57. The summed E-state index contributed by atoms with van der Waals surface area (Å²) in [5, 5.41) is 0. The van der Waals surface area contributed by atoms with Crippen LogP contribution in [0, 0.1) is 13.8 Å². The lowest BCUT2D eigenvalue weighted by Crippen LogP contribution is -2.07. The summed E-state index contributed by atoms with van der Waals surface area (Å²) in [4.78, 5) is 13.7.